The molecule has 13 heavy (non-hydrogen) atoms. The highest BCUT2D eigenvalue weighted by atomic mass is 16.3. The van der Waals surface area contributed by atoms with Gasteiger partial charge in [0.05, 0.1) is 6.10 Å². The van der Waals surface area contributed by atoms with E-state index in [0.717, 1.165) is 19.3 Å². The lowest BCUT2D eigenvalue weighted by Crippen LogP contribution is -2.51. The van der Waals surface area contributed by atoms with E-state index in [4.69, 9.17) is 0 Å². The second-order valence-electron chi connectivity index (χ2n) is 5.15. The van der Waals surface area contributed by atoms with Gasteiger partial charge in [0.15, 0.2) is 0 Å². The first-order chi connectivity index (χ1) is 5.93. The molecular weight excluding hydrogens is 162 g/mol. The summed E-state index contributed by atoms with van der Waals surface area (Å²) in [5.41, 5.74) is 0.243. The van der Waals surface area contributed by atoms with Crippen LogP contribution in [0.25, 0.3) is 0 Å². The van der Waals surface area contributed by atoms with E-state index in [-0.39, 0.29) is 11.6 Å². The van der Waals surface area contributed by atoms with E-state index in [1.807, 2.05) is 0 Å². The minimum Gasteiger partial charge on any atom is -0.393 e. The van der Waals surface area contributed by atoms with Gasteiger partial charge in [0.2, 0.25) is 0 Å². The van der Waals surface area contributed by atoms with Crippen molar-refractivity contribution < 1.29 is 5.11 Å². The largest absolute Gasteiger partial charge is 0.393 e. The number of hydrogen-bond donors (Lipinski definition) is 2. The van der Waals surface area contributed by atoms with E-state index < -0.39 is 0 Å². The standard InChI is InChI=1S/C11H23NO/c1-8(2)12-11(4)6-5-10(13)9(3)7-11/h8-10,12-13H,5-7H2,1-4H3. The van der Waals surface area contributed by atoms with Gasteiger partial charge in [0.25, 0.3) is 0 Å². The molecule has 0 heterocycles. The van der Waals surface area contributed by atoms with Crippen LogP contribution in [-0.2, 0) is 0 Å². The summed E-state index contributed by atoms with van der Waals surface area (Å²) in [6.45, 7) is 8.78. The van der Waals surface area contributed by atoms with Gasteiger partial charge in [-0.2, -0.15) is 0 Å². The molecule has 0 amide bonds. The van der Waals surface area contributed by atoms with Crippen LogP contribution in [0.1, 0.15) is 47.0 Å². The highest BCUT2D eigenvalue weighted by molar-refractivity contribution is 4.92. The predicted molar refractivity (Wildman–Crippen MR) is 55.7 cm³/mol. The molecule has 2 nitrogen and oxygen atoms in total. The van der Waals surface area contributed by atoms with Gasteiger partial charge in [-0.25, -0.2) is 0 Å². The van der Waals surface area contributed by atoms with Crippen LogP contribution < -0.4 is 5.32 Å². The molecule has 1 fully saturated rings. The molecule has 3 atom stereocenters. The first-order valence-corrected chi connectivity index (χ1v) is 5.39. The Morgan fingerprint density at radius 3 is 2.54 bits per heavy atom. The Morgan fingerprint density at radius 2 is 2.08 bits per heavy atom. The van der Waals surface area contributed by atoms with E-state index >= 15 is 0 Å². The van der Waals surface area contributed by atoms with Crippen molar-refractivity contribution in [2.24, 2.45) is 5.92 Å². The molecular formula is C11H23NO. The molecule has 1 aliphatic rings. The Bertz CT molecular complexity index is 169. The summed E-state index contributed by atoms with van der Waals surface area (Å²) in [5, 5.41) is 13.2. The molecule has 0 bridgehead atoms. The lowest BCUT2D eigenvalue weighted by atomic mass is 9.75. The number of aliphatic hydroxyl groups is 1. The average molecular weight is 185 g/mol. The fourth-order valence-corrected chi connectivity index (χ4v) is 2.53. The van der Waals surface area contributed by atoms with Crippen molar-refractivity contribution in [3.63, 3.8) is 0 Å². The molecule has 0 aliphatic heterocycles. The Labute approximate surface area is 81.7 Å². The fourth-order valence-electron chi connectivity index (χ4n) is 2.53. The summed E-state index contributed by atoms with van der Waals surface area (Å²) < 4.78 is 0. The highest BCUT2D eigenvalue weighted by Gasteiger charge is 2.34. The van der Waals surface area contributed by atoms with Gasteiger partial charge in [-0.1, -0.05) is 20.8 Å². The third-order valence-electron chi connectivity index (χ3n) is 3.06. The molecule has 0 radical (unpaired) electrons. The number of nitrogens with one attached hydrogen (secondary N) is 1. The summed E-state index contributed by atoms with van der Waals surface area (Å²) >= 11 is 0. The van der Waals surface area contributed by atoms with E-state index in [2.05, 4.69) is 33.0 Å². The molecule has 1 aliphatic carbocycles. The van der Waals surface area contributed by atoms with Crippen LogP contribution in [0.15, 0.2) is 0 Å². The van der Waals surface area contributed by atoms with E-state index in [9.17, 15) is 5.11 Å². The van der Waals surface area contributed by atoms with Crippen molar-refractivity contribution in [3.05, 3.63) is 0 Å². The summed E-state index contributed by atoms with van der Waals surface area (Å²) in [7, 11) is 0. The zero-order valence-electron chi connectivity index (χ0n) is 9.30. The summed E-state index contributed by atoms with van der Waals surface area (Å²) in [4.78, 5) is 0. The molecule has 0 aromatic heterocycles. The van der Waals surface area contributed by atoms with Crippen LogP contribution in [0.4, 0.5) is 0 Å². The minimum atomic E-state index is -0.0814. The fraction of sp³-hybridized carbons (Fsp3) is 1.00. The Kier molecular flexibility index (Phi) is 3.36. The molecule has 78 valence electrons. The number of aliphatic hydroxyl groups excluding tert-OH is 1. The van der Waals surface area contributed by atoms with Crippen LogP contribution in [0.3, 0.4) is 0 Å². The third-order valence-corrected chi connectivity index (χ3v) is 3.06. The van der Waals surface area contributed by atoms with Gasteiger partial charge in [-0.05, 0) is 32.1 Å². The van der Waals surface area contributed by atoms with Crippen molar-refractivity contribution in [3.8, 4) is 0 Å². The maximum Gasteiger partial charge on any atom is 0.0567 e. The first kappa shape index (κ1) is 11.0. The van der Waals surface area contributed by atoms with Crippen molar-refractivity contribution in [2.75, 3.05) is 0 Å². The second-order valence-corrected chi connectivity index (χ2v) is 5.15. The number of hydrogen-bond acceptors (Lipinski definition) is 2. The molecule has 0 aromatic rings. The second kappa shape index (κ2) is 3.97. The van der Waals surface area contributed by atoms with Crippen molar-refractivity contribution >= 4 is 0 Å². The van der Waals surface area contributed by atoms with Gasteiger partial charge in [0, 0.05) is 11.6 Å². The van der Waals surface area contributed by atoms with Crippen molar-refractivity contribution in [2.45, 2.75) is 64.6 Å². The summed E-state index contributed by atoms with van der Waals surface area (Å²) in [6.07, 6.45) is 3.04. The zero-order chi connectivity index (χ0) is 10.1. The van der Waals surface area contributed by atoms with Gasteiger partial charge in [0.1, 0.15) is 0 Å². The maximum absolute atomic E-state index is 9.62. The molecule has 1 saturated carbocycles. The normalized spacial score (nSPS) is 41.1. The van der Waals surface area contributed by atoms with Gasteiger partial charge >= 0.3 is 0 Å². The van der Waals surface area contributed by atoms with Crippen molar-refractivity contribution in [1.29, 1.82) is 0 Å². The van der Waals surface area contributed by atoms with Crippen molar-refractivity contribution in [1.82, 2.24) is 5.32 Å². The van der Waals surface area contributed by atoms with E-state index in [1.54, 1.807) is 0 Å². The lowest BCUT2D eigenvalue weighted by molar-refractivity contribution is 0.0383. The molecule has 2 N–H and O–H groups in total. The Hall–Kier alpha value is -0.0800. The lowest BCUT2D eigenvalue weighted by Gasteiger charge is -2.41. The van der Waals surface area contributed by atoms with Crippen LogP contribution in [0.5, 0.6) is 0 Å². The quantitative estimate of drug-likeness (QED) is 0.689. The van der Waals surface area contributed by atoms with Crippen LogP contribution in [0, 0.1) is 5.92 Å². The SMILES string of the molecule is CC(C)NC1(C)CCC(O)C(C)C1. The Balaban J connectivity index is 2.51. The monoisotopic (exact) mass is 185 g/mol. The highest BCUT2D eigenvalue weighted by Crippen LogP contribution is 2.32. The summed E-state index contributed by atoms with van der Waals surface area (Å²) in [5.74, 6) is 0.435. The van der Waals surface area contributed by atoms with Crippen LogP contribution >= 0.6 is 0 Å². The van der Waals surface area contributed by atoms with Gasteiger partial charge in [-0.15, -0.1) is 0 Å². The minimum absolute atomic E-state index is 0.0814. The molecule has 2 heteroatoms. The van der Waals surface area contributed by atoms with E-state index in [0.29, 0.717) is 12.0 Å². The molecule has 0 saturated heterocycles. The van der Waals surface area contributed by atoms with E-state index in [1.165, 1.54) is 0 Å². The predicted octanol–water partition coefficient (Wildman–Crippen LogP) is 1.92. The van der Waals surface area contributed by atoms with Gasteiger partial charge < -0.3 is 10.4 Å². The van der Waals surface area contributed by atoms with Crippen LogP contribution in [-0.4, -0.2) is 22.8 Å². The average Bonchev–Trinajstić information content (AvgIpc) is 1.96. The maximum atomic E-state index is 9.62. The molecule has 0 aromatic carbocycles. The molecule has 0 spiro atoms. The Morgan fingerprint density at radius 1 is 1.46 bits per heavy atom. The topological polar surface area (TPSA) is 32.3 Å². The third kappa shape index (κ3) is 2.96. The summed E-state index contributed by atoms with van der Waals surface area (Å²) in [6, 6.07) is 0.535. The molecule has 3 unspecified atom stereocenters. The number of rotatable bonds is 2. The van der Waals surface area contributed by atoms with Gasteiger partial charge in [-0.3, -0.25) is 0 Å². The smallest absolute Gasteiger partial charge is 0.0567 e. The van der Waals surface area contributed by atoms with Crippen LogP contribution in [0.2, 0.25) is 0 Å². The first-order valence-electron chi connectivity index (χ1n) is 5.39. The molecule has 1 rings (SSSR count). The zero-order valence-corrected chi connectivity index (χ0v) is 9.30.